The molecular formula is C18H26F2N2O2. The molecule has 0 bridgehead atoms. The van der Waals surface area contributed by atoms with E-state index in [1.54, 1.807) is 7.11 Å². The first-order valence-electron chi connectivity index (χ1n) is 8.46. The van der Waals surface area contributed by atoms with Gasteiger partial charge in [-0.05, 0) is 38.3 Å². The smallest absolute Gasteiger partial charge is 0.315 e. The standard InChI is InChI=1S/C18H26F2N2O2/c1-13(8-11-24-2)22-17(23)21-12-18(9-3-4-10-18)16-14(19)6-5-7-15(16)20/h5-7,13H,3-4,8-12H2,1-2H3,(H2,21,22,23). The second-order valence-electron chi connectivity index (χ2n) is 6.59. The van der Waals surface area contributed by atoms with Crippen LogP contribution < -0.4 is 10.6 Å². The molecule has 1 fully saturated rings. The Bertz CT molecular complexity index is 540. The average Bonchev–Trinajstić information content (AvgIpc) is 3.00. The molecule has 134 valence electrons. The van der Waals surface area contributed by atoms with E-state index in [0.29, 0.717) is 25.9 Å². The van der Waals surface area contributed by atoms with Crippen molar-refractivity contribution in [3.63, 3.8) is 0 Å². The molecule has 1 aliphatic rings. The van der Waals surface area contributed by atoms with Crippen molar-refractivity contribution in [3.05, 3.63) is 35.4 Å². The molecular weight excluding hydrogens is 314 g/mol. The highest BCUT2D eigenvalue weighted by atomic mass is 19.1. The maximum Gasteiger partial charge on any atom is 0.315 e. The van der Waals surface area contributed by atoms with Crippen molar-refractivity contribution >= 4 is 6.03 Å². The summed E-state index contributed by atoms with van der Waals surface area (Å²) in [7, 11) is 1.61. The summed E-state index contributed by atoms with van der Waals surface area (Å²) >= 11 is 0. The maximum absolute atomic E-state index is 14.2. The predicted molar refractivity (Wildman–Crippen MR) is 89.0 cm³/mol. The minimum atomic E-state index is -0.664. The predicted octanol–water partition coefficient (Wildman–Crippen LogP) is 3.50. The van der Waals surface area contributed by atoms with Gasteiger partial charge in [-0.2, -0.15) is 0 Å². The average molecular weight is 340 g/mol. The number of urea groups is 1. The normalized spacial score (nSPS) is 17.5. The van der Waals surface area contributed by atoms with Crippen LogP contribution in [0.2, 0.25) is 0 Å². The van der Waals surface area contributed by atoms with Gasteiger partial charge in [-0.1, -0.05) is 18.9 Å². The molecule has 0 saturated heterocycles. The van der Waals surface area contributed by atoms with Gasteiger partial charge in [0, 0.05) is 37.3 Å². The lowest BCUT2D eigenvalue weighted by molar-refractivity contribution is 0.183. The third-order valence-corrected chi connectivity index (χ3v) is 4.77. The largest absolute Gasteiger partial charge is 0.385 e. The summed E-state index contributed by atoms with van der Waals surface area (Å²) in [5, 5.41) is 5.62. The zero-order chi connectivity index (χ0) is 17.6. The number of benzene rings is 1. The van der Waals surface area contributed by atoms with E-state index in [1.807, 2.05) is 6.92 Å². The third-order valence-electron chi connectivity index (χ3n) is 4.77. The van der Waals surface area contributed by atoms with Crippen LogP contribution >= 0.6 is 0 Å². The van der Waals surface area contributed by atoms with E-state index in [4.69, 9.17) is 4.74 Å². The highest BCUT2D eigenvalue weighted by molar-refractivity contribution is 5.74. The molecule has 1 aromatic rings. The van der Waals surface area contributed by atoms with Crippen molar-refractivity contribution in [1.82, 2.24) is 10.6 Å². The number of carbonyl (C=O) groups is 1. The van der Waals surface area contributed by atoms with Gasteiger partial charge in [0.15, 0.2) is 0 Å². The topological polar surface area (TPSA) is 50.4 Å². The zero-order valence-corrected chi connectivity index (χ0v) is 14.3. The van der Waals surface area contributed by atoms with Crippen LogP contribution in [-0.2, 0) is 10.2 Å². The highest BCUT2D eigenvalue weighted by Gasteiger charge is 2.40. The summed E-state index contributed by atoms with van der Waals surface area (Å²) in [5.41, 5.74) is -0.557. The van der Waals surface area contributed by atoms with E-state index in [-0.39, 0.29) is 24.2 Å². The van der Waals surface area contributed by atoms with Gasteiger partial charge in [-0.15, -0.1) is 0 Å². The summed E-state index contributed by atoms with van der Waals surface area (Å²) in [4.78, 5) is 12.1. The molecule has 0 heterocycles. The molecule has 0 aliphatic heterocycles. The lowest BCUT2D eigenvalue weighted by atomic mass is 9.78. The van der Waals surface area contributed by atoms with Crippen LogP contribution in [0.1, 0.15) is 44.6 Å². The van der Waals surface area contributed by atoms with E-state index in [2.05, 4.69) is 10.6 Å². The van der Waals surface area contributed by atoms with Gasteiger partial charge in [0.2, 0.25) is 0 Å². The van der Waals surface area contributed by atoms with Crippen LogP contribution in [0.5, 0.6) is 0 Å². The van der Waals surface area contributed by atoms with Gasteiger partial charge >= 0.3 is 6.03 Å². The fraction of sp³-hybridized carbons (Fsp3) is 0.611. The van der Waals surface area contributed by atoms with E-state index in [0.717, 1.165) is 12.8 Å². The van der Waals surface area contributed by atoms with Crippen LogP contribution in [0.15, 0.2) is 18.2 Å². The number of amides is 2. The van der Waals surface area contributed by atoms with Crippen LogP contribution in [0, 0.1) is 11.6 Å². The summed E-state index contributed by atoms with van der Waals surface area (Å²) < 4.78 is 33.5. The van der Waals surface area contributed by atoms with Gasteiger partial charge in [-0.25, -0.2) is 13.6 Å². The van der Waals surface area contributed by atoms with Gasteiger partial charge < -0.3 is 15.4 Å². The van der Waals surface area contributed by atoms with Crippen molar-refractivity contribution in [1.29, 1.82) is 0 Å². The Morgan fingerprint density at radius 3 is 2.50 bits per heavy atom. The van der Waals surface area contributed by atoms with Crippen molar-refractivity contribution in [2.45, 2.75) is 50.5 Å². The number of nitrogens with one attached hydrogen (secondary N) is 2. The van der Waals surface area contributed by atoms with Gasteiger partial charge in [0.05, 0.1) is 0 Å². The SMILES string of the molecule is COCCC(C)NC(=O)NCC1(c2c(F)cccc2F)CCCC1. The molecule has 1 atom stereocenters. The van der Waals surface area contributed by atoms with Crippen LogP contribution in [0.3, 0.4) is 0 Å². The van der Waals surface area contributed by atoms with E-state index in [1.165, 1.54) is 18.2 Å². The van der Waals surface area contributed by atoms with Crippen LogP contribution in [0.4, 0.5) is 13.6 Å². The molecule has 1 unspecified atom stereocenters. The molecule has 2 N–H and O–H groups in total. The van der Waals surface area contributed by atoms with E-state index in [9.17, 15) is 13.6 Å². The van der Waals surface area contributed by atoms with Crippen molar-refractivity contribution in [3.8, 4) is 0 Å². The molecule has 1 aromatic carbocycles. The van der Waals surface area contributed by atoms with Crippen LogP contribution in [0.25, 0.3) is 0 Å². The summed E-state index contributed by atoms with van der Waals surface area (Å²) in [6.45, 7) is 2.68. The number of hydrogen-bond donors (Lipinski definition) is 2. The third kappa shape index (κ3) is 4.44. The summed E-state index contributed by atoms with van der Waals surface area (Å²) in [6, 6.07) is 3.59. The minimum absolute atomic E-state index is 0.0327. The lowest BCUT2D eigenvalue weighted by Gasteiger charge is -2.31. The molecule has 6 heteroatoms. The Kier molecular flexibility index (Phi) is 6.54. The number of hydrogen-bond acceptors (Lipinski definition) is 2. The Morgan fingerprint density at radius 1 is 1.29 bits per heavy atom. The Morgan fingerprint density at radius 2 is 1.92 bits per heavy atom. The lowest BCUT2D eigenvalue weighted by Crippen LogP contribution is -2.47. The van der Waals surface area contributed by atoms with Crippen molar-refractivity contribution in [2.24, 2.45) is 0 Å². The fourth-order valence-corrected chi connectivity index (χ4v) is 3.46. The first-order valence-corrected chi connectivity index (χ1v) is 8.46. The molecule has 2 amide bonds. The molecule has 24 heavy (non-hydrogen) atoms. The first kappa shape index (κ1) is 18.6. The van der Waals surface area contributed by atoms with Crippen molar-refractivity contribution < 1.29 is 18.3 Å². The van der Waals surface area contributed by atoms with Crippen LogP contribution in [-0.4, -0.2) is 32.3 Å². The number of methoxy groups -OCH3 is 1. The summed E-state index contributed by atoms with van der Waals surface area (Å²) in [5.74, 6) is -1.07. The molecule has 0 radical (unpaired) electrons. The monoisotopic (exact) mass is 340 g/mol. The molecule has 4 nitrogen and oxygen atoms in total. The molecule has 0 aromatic heterocycles. The zero-order valence-electron chi connectivity index (χ0n) is 14.3. The molecule has 1 aliphatic carbocycles. The number of halogens is 2. The second-order valence-corrected chi connectivity index (χ2v) is 6.59. The van der Waals surface area contributed by atoms with Crippen molar-refractivity contribution in [2.75, 3.05) is 20.3 Å². The van der Waals surface area contributed by atoms with E-state index < -0.39 is 17.0 Å². The first-order chi connectivity index (χ1) is 11.5. The fourth-order valence-electron chi connectivity index (χ4n) is 3.46. The highest BCUT2D eigenvalue weighted by Crippen LogP contribution is 2.42. The summed E-state index contributed by atoms with van der Waals surface area (Å²) in [6.07, 6.45) is 3.86. The van der Waals surface area contributed by atoms with Gasteiger partial charge in [0.25, 0.3) is 0 Å². The number of ether oxygens (including phenoxy) is 1. The Balaban J connectivity index is 2.03. The van der Waals surface area contributed by atoms with Gasteiger partial charge in [-0.3, -0.25) is 0 Å². The Hall–Kier alpha value is -1.69. The molecule has 2 rings (SSSR count). The quantitative estimate of drug-likeness (QED) is 0.798. The molecule has 1 saturated carbocycles. The number of carbonyl (C=O) groups excluding carboxylic acids is 1. The Labute approximate surface area is 142 Å². The minimum Gasteiger partial charge on any atom is -0.385 e. The second kappa shape index (κ2) is 8.42. The van der Waals surface area contributed by atoms with E-state index >= 15 is 0 Å². The molecule has 0 spiro atoms. The number of rotatable bonds is 7. The van der Waals surface area contributed by atoms with Gasteiger partial charge in [0.1, 0.15) is 11.6 Å². The maximum atomic E-state index is 14.2.